The first-order chi connectivity index (χ1) is 8.27. The Bertz CT molecular complexity index is 562. The zero-order valence-corrected chi connectivity index (χ0v) is 9.28. The third kappa shape index (κ3) is 1.59. The molecule has 17 heavy (non-hydrogen) atoms. The predicted molar refractivity (Wildman–Crippen MR) is 63.3 cm³/mol. The van der Waals surface area contributed by atoms with Gasteiger partial charge in [0, 0.05) is 25.1 Å². The van der Waals surface area contributed by atoms with Gasteiger partial charge in [-0.05, 0) is 12.1 Å². The average molecular weight is 232 g/mol. The summed E-state index contributed by atoms with van der Waals surface area (Å²) in [5.74, 6) is 0.212. The van der Waals surface area contributed by atoms with Crippen molar-refractivity contribution < 1.29 is 4.39 Å². The van der Waals surface area contributed by atoms with Gasteiger partial charge in [-0.3, -0.25) is 0 Å². The monoisotopic (exact) mass is 232 g/mol. The van der Waals surface area contributed by atoms with E-state index in [9.17, 15) is 4.39 Å². The molecule has 0 fully saturated rings. The lowest BCUT2D eigenvalue weighted by molar-refractivity contribution is 0.608. The van der Waals surface area contributed by atoms with Gasteiger partial charge in [0.2, 0.25) is 0 Å². The first-order valence-corrected chi connectivity index (χ1v) is 5.59. The van der Waals surface area contributed by atoms with Gasteiger partial charge in [0.1, 0.15) is 17.3 Å². The van der Waals surface area contributed by atoms with Crippen LogP contribution in [0.1, 0.15) is 11.3 Å². The zero-order chi connectivity index (χ0) is 11.8. The number of hydrogen-bond acceptors (Lipinski definition) is 3. The quantitative estimate of drug-likeness (QED) is 0.777. The topological polar surface area (TPSA) is 55.9 Å². The Kier molecular flexibility index (Phi) is 2.33. The summed E-state index contributed by atoms with van der Waals surface area (Å²) in [6, 6.07) is 6.52. The fourth-order valence-corrected chi connectivity index (χ4v) is 2.13. The van der Waals surface area contributed by atoms with Crippen LogP contribution in [-0.2, 0) is 13.0 Å². The van der Waals surface area contributed by atoms with Crippen LogP contribution in [0.15, 0.2) is 24.3 Å². The summed E-state index contributed by atoms with van der Waals surface area (Å²) < 4.78 is 15.2. The molecule has 2 aromatic rings. The zero-order valence-electron chi connectivity index (χ0n) is 9.28. The largest absolute Gasteiger partial charge is 0.383 e. The third-order valence-corrected chi connectivity index (χ3v) is 3.03. The second-order valence-electron chi connectivity index (χ2n) is 4.10. The predicted octanol–water partition coefficient (Wildman–Crippen LogP) is 1.24. The van der Waals surface area contributed by atoms with Gasteiger partial charge in [-0.15, -0.1) is 0 Å². The molecule has 0 unspecified atom stereocenters. The molecule has 1 aliphatic heterocycles. The third-order valence-electron chi connectivity index (χ3n) is 3.03. The maximum atomic E-state index is 13.7. The second kappa shape index (κ2) is 3.85. The molecule has 0 saturated heterocycles. The van der Waals surface area contributed by atoms with Crippen LogP contribution in [0.3, 0.4) is 0 Å². The van der Waals surface area contributed by atoms with Gasteiger partial charge < -0.3 is 11.1 Å². The molecule has 0 saturated carbocycles. The summed E-state index contributed by atoms with van der Waals surface area (Å²) in [6.45, 7) is 1.59. The minimum Gasteiger partial charge on any atom is -0.383 e. The Hall–Kier alpha value is -1.88. The van der Waals surface area contributed by atoms with Gasteiger partial charge in [-0.1, -0.05) is 12.1 Å². The van der Waals surface area contributed by atoms with E-state index in [1.807, 2.05) is 0 Å². The second-order valence-corrected chi connectivity index (χ2v) is 4.10. The van der Waals surface area contributed by atoms with Gasteiger partial charge >= 0.3 is 0 Å². The minimum absolute atomic E-state index is 0.313. The fourth-order valence-electron chi connectivity index (χ4n) is 2.13. The number of nitrogens with one attached hydrogen (secondary N) is 1. The molecule has 1 aliphatic rings. The number of nitrogens with two attached hydrogens (primary N) is 1. The van der Waals surface area contributed by atoms with Gasteiger partial charge in [-0.25, -0.2) is 9.07 Å². The summed E-state index contributed by atoms with van der Waals surface area (Å²) in [5.41, 5.74) is 8.37. The Labute approximate surface area is 98.2 Å². The first-order valence-electron chi connectivity index (χ1n) is 5.59. The summed E-state index contributed by atoms with van der Waals surface area (Å²) in [4.78, 5) is 0. The van der Waals surface area contributed by atoms with Crippen molar-refractivity contribution in [2.45, 2.75) is 13.0 Å². The molecule has 3 N–H and O–H groups in total. The summed E-state index contributed by atoms with van der Waals surface area (Å²) >= 11 is 0. The lowest BCUT2D eigenvalue weighted by Gasteiger charge is -2.10. The number of nitrogen functional groups attached to an aromatic ring is 1. The number of anilines is 1. The van der Waals surface area contributed by atoms with Crippen molar-refractivity contribution in [3.05, 3.63) is 41.3 Å². The van der Waals surface area contributed by atoms with Crippen LogP contribution in [-0.4, -0.2) is 16.3 Å². The molecule has 0 aliphatic carbocycles. The number of hydrogen-bond donors (Lipinski definition) is 2. The van der Waals surface area contributed by atoms with Crippen molar-refractivity contribution in [2.75, 3.05) is 12.3 Å². The highest BCUT2D eigenvalue weighted by atomic mass is 19.1. The molecular formula is C12H13FN4. The number of halogens is 1. The molecule has 3 rings (SSSR count). The maximum absolute atomic E-state index is 13.7. The number of nitrogens with zero attached hydrogens (tertiary/aromatic N) is 2. The van der Waals surface area contributed by atoms with Crippen molar-refractivity contribution in [3.63, 3.8) is 0 Å². The molecule has 0 atom stereocenters. The number of rotatable bonds is 1. The molecule has 1 aromatic carbocycles. The van der Waals surface area contributed by atoms with E-state index in [4.69, 9.17) is 5.73 Å². The van der Waals surface area contributed by atoms with Crippen LogP contribution >= 0.6 is 0 Å². The molecular weight excluding hydrogens is 219 g/mol. The van der Waals surface area contributed by atoms with Crippen LogP contribution in [0.25, 0.3) is 5.69 Å². The first kappa shape index (κ1) is 10.3. The Morgan fingerprint density at radius 3 is 2.94 bits per heavy atom. The van der Waals surface area contributed by atoms with E-state index in [0.29, 0.717) is 18.1 Å². The molecule has 4 nitrogen and oxygen atoms in total. The molecule has 5 heteroatoms. The van der Waals surface area contributed by atoms with Crippen molar-refractivity contribution in [2.24, 2.45) is 0 Å². The van der Waals surface area contributed by atoms with Gasteiger partial charge in [-0.2, -0.15) is 5.10 Å². The highest BCUT2D eigenvalue weighted by Crippen LogP contribution is 2.24. The normalized spacial score (nSPS) is 14.6. The lowest BCUT2D eigenvalue weighted by Crippen LogP contribution is -2.23. The standard InChI is InChI=1S/C12H13FN4/c13-9-3-1-2-4-11(9)17-12(14)8-7-15-6-5-10(8)16-17/h1-4,15H,5-7,14H2. The van der Waals surface area contributed by atoms with Crippen molar-refractivity contribution in [1.29, 1.82) is 0 Å². The molecule has 1 aromatic heterocycles. The molecule has 0 amide bonds. The van der Waals surface area contributed by atoms with Gasteiger partial charge in [0.15, 0.2) is 0 Å². The Morgan fingerprint density at radius 2 is 2.18 bits per heavy atom. The molecule has 0 bridgehead atoms. The number of para-hydroxylation sites is 1. The van der Waals surface area contributed by atoms with Crippen LogP contribution in [0.5, 0.6) is 0 Å². The van der Waals surface area contributed by atoms with Crippen LogP contribution in [0.4, 0.5) is 10.2 Å². The Morgan fingerprint density at radius 1 is 1.35 bits per heavy atom. The SMILES string of the molecule is Nc1c2c(nn1-c1ccccc1F)CCNC2. The van der Waals surface area contributed by atoms with Gasteiger partial charge in [0.05, 0.1) is 5.69 Å². The van der Waals surface area contributed by atoms with Crippen LogP contribution in [0, 0.1) is 5.82 Å². The minimum atomic E-state index is -0.313. The van der Waals surface area contributed by atoms with Gasteiger partial charge in [0.25, 0.3) is 0 Å². The molecule has 88 valence electrons. The number of fused-ring (bicyclic) bond motifs is 1. The number of aromatic nitrogens is 2. The molecule has 0 spiro atoms. The smallest absolute Gasteiger partial charge is 0.148 e. The van der Waals surface area contributed by atoms with Crippen molar-refractivity contribution >= 4 is 5.82 Å². The van der Waals surface area contributed by atoms with E-state index in [1.54, 1.807) is 18.2 Å². The lowest BCUT2D eigenvalue weighted by atomic mass is 10.1. The van der Waals surface area contributed by atoms with E-state index < -0.39 is 0 Å². The van der Waals surface area contributed by atoms with E-state index in [-0.39, 0.29) is 5.82 Å². The highest BCUT2D eigenvalue weighted by molar-refractivity contribution is 5.51. The van der Waals surface area contributed by atoms with Crippen molar-refractivity contribution in [1.82, 2.24) is 15.1 Å². The molecule has 2 heterocycles. The fraction of sp³-hybridized carbons (Fsp3) is 0.250. The number of benzene rings is 1. The van der Waals surface area contributed by atoms with Crippen molar-refractivity contribution in [3.8, 4) is 5.69 Å². The summed E-state index contributed by atoms with van der Waals surface area (Å²) in [6.07, 6.45) is 0.834. The summed E-state index contributed by atoms with van der Waals surface area (Å²) in [7, 11) is 0. The maximum Gasteiger partial charge on any atom is 0.148 e. The van der Waals surface area contributed by atoms with Crippen LogP contribution in [0.2, 0.25) is 0 Å². The van der Waals surface area contributed by atoms with E-state index in [2.05, 4.69) is 10.4 Å². The van der Waals surface area contributed by atoms with E-state index in [0.717, 1.165) is 24.2 Å². The Balaban J connectivity index is 2.16. The molecule has 0 radical (unpaired) electrons. The van der Waals surface area contributed by atoms with Crippen LogP contribution < -0.4 is 11.1 Å². The van der Waals surface area contributed by atoms with E-state index >= 15 is 0 Å². The average Bonchev–Trinajstić information content (AvgIpc) is 2.68. The highest BCUT2D eigenvalue weighted by Gasteiger charge is 2.20. The summed E-state index contributed by atoms with van der Waals surface area (Å²) in [5, 5.41) is 7.63. The van der Waals surface area contributed by atoms with E-state index in [1.165, 1.54) is 10.7 Å².